The van der Waals surface area contributed by atoms with Crippen molar-refractivity contribution in [1.29, 1.82) is 0 Å². The maximum absolute atomic E-state index is 14.4. The highest BCUT2D eigenvalue weighted by molar-refractivity contribution is 7.89. The van der Waals surface area contributed by atoms with Crippen molar-refractivity contribution in [3.8, 4) is 5.75 Å². The Bertz CT molecular complexity index is 1140. The monoisotopic (exact) mass is 493 g/mol. The normalized spacial score (nSPS) is 16.4. The fourth-order valence-electron chi connectivity index (χ4n) is 3.78. The third kappa shape index (κ3) is 5.97. The van der Waals surface area contributed by atoms with Crippen LogP contribution in [0.15, 0.2) is 64.2 Å². The number of benzene rings is 2. The number of rotatable bonds is 10. The van der Waals surface area contributed by atoms with Gasteiger partial charge in [0.2, 0.25) is 10.0 Å². The van der Waals surface area contributed by atoms with Gasteiger partial charge in [-0.2, -0.15) is 15.6 Å². The van der Waals surface area contributed by atoms with Crippen LogP contribution in [0.3, 0.4) is 0 Å². The first-order valence-electron chi connectivity index (χ1n) is 10.7. The molecule has 5 nitrogen and oxygen atoms in total. The van der Waals surface area contributed by atoms with Crippen molar-refractivity contribution in [2.45, 2.75) is 36.8 Å². The van der Waals surface area contributed by atoms with Crippen molar-refractivity contribution >= 4 is 21.4 Å². The molecule has 1 aliphatic rings. The lowest BCUT2D eigenvalue weighted by Crippen LogP contribution is -2.37. The number of hydrogen-bond donors (Lipinski definition) is 0. The van der Waals surface area contributed by atoms with E-state index in [1.165, 1.54) is 5.56 Å². The second-order valence-electron chi connectivity index (χ2n) is 7.86. The van der Waals surface area contributed by atoms with E-state index in [-0.39, 0.29) is 19.2 Å². The summed E-state index contributed by atoms with van der Waals surface area (Å²) < 4.78 is 67.9. The summed E-state index contributed by atoms with van der Waals surface area (Å²) in [5.74, 6) is -1.62. The summed E-state index contributed by atoms with van der Waals surface area (Å²) >= 11 is 1.63. The second kappa shape index (κ2) is 10.7. The van der Waals surface area contributed by atoms with Crippen LogP contribution in [0.4, 0.5) is 8.78 Å². The molecule has 0 spiro atoms. The molecule has 176 valence electrons. The minimum absolute atomic E-state index is 0.0132. The maximum atomic E-state index is 14.4. The predicted octanol–water partition coefficient (Wildman–Crippen LogP) is 5.02. The standard InChI is InChI=1S/C24H25F2NO4S2/c25-22-7-2-8-23(26)24(22)33(28,29)27(16-21-6-3-11-30-21)15-19-4-1-5-20(14-19)31-12-9-18-10-13-32-17-18/h1-2,4-5,7-8,10,13-14,17,21H,3,6,9,11-12,15-16H2/t21-/m0/s1. The average molecular weight is 494 g/mol. The summed E-state index contributed by atoms with van der Waals surface area (Å²) in [6.45, 7) is 0.982. The number of hydrogen-bond acceptors (Lipinski definition) is 5. The highest BCUT2D eigenvalue weighted by atomic mass is 32.2. The molecule has 1 fully saturated rings. The Morgan fingerprint density at radius 1 is 1.09 bits per heavy atom. The van der Waals surface area contributed by atoms with Gasteiger partial charge in [-0.3, -0.25) is 0 Å². The van der Waals surface area contributed by atoms with Gasteiger partial charge in [0.25, 0.3) is 0 Å². The highest BCUT2D eigenvalue weighted by Gasteiger charge is 2.33. The summed E-state index contributed by atoms with van der Waals surface area (Å²) in [6, 6.07) is 12.2. The molecule has 0 N–H and O–H groups in total. The van der Waals surface area contributed by atoms with Crippen LogP contribution in [0, 0.1) is 11.6 Å². The van der Waals surface area contributed by atoms with E-state index in [0.717, 1.165) is 35.3 Å². The first-order chi connectivity index (χ1) is 15.9. The van der Waals surface area contributed by atoms with Crippen LogP contribution in [0.1, 0.15) is 24.0 Å². The van der Waals surface area contributed by atoms with Crippen molar-refractivity contribution in [1.82, 2.24) is 4.31 Å². The molecule has 1 atom stereocenters. The SMILES string of the molecule is O=S(=O)(c1c(F)cccc1F)N(Cc1cccc(OCCc2ccsc2)c1)C[C@@H]1CCCO1. The van der Waals surface area contributed by atoms with Crippen molar-refractivity contribution in [3.05, 3.63) is 82.1 Å². The van der Waals surface area contributed by atoms with Gasteiger partial charge in [0.05, 0.1) is 12.7 Å². The van der Waals surface area contributed by atoms with Gasteiger partial charge >= 0.3 is 0 Å². The Labute approximate surface area is 196 Å². The number of thiophene rings is 1. The molecule has 0 unspecified atom stereocenters. The summed E-state index contributed by atoms with van der Waals surface area (Å²) in [5, 5.41) is 4.08. The smallest absolute Gasteiger partial charge is 0.249 e. The molecule has 1 aliphatic heterocycles. The average Bonchev–Trinajstić information content (AvgIpc) is 3.48. The first-order valence-corrected chi connectivity index (χ1v) is 13.1. The van der Waals surface area contributed by atoms with Crippen LogP contribution < -0.4 is 4.74 Å². The van der Waals surface area contributed by atoms with E-state index >= 15 is 0 Å². The molecule has 1 saturated heterocycles. The first kappa shape index (κ1) is 23.8. The Balaban J connectivity index is 1.54. The number of sulfonamides is 1. The quantitative estimate of drug-likeness (QED) is 0.398. The molecule has 1 aromatic heterocycles. The zero-order valence-corrected chi connectivity index (χ0v) is 19.6. The molecule has 0 amide bonds. The van der Waals surface area contributed by atoms with Crippen molar-refractivity contribution in [3.63, 3.8) is 0 Å². The Morgan fingerprint density at radius 2 is 1.88 bits per heavy atom. The van der Waals surface area contributed by atoms with E-state index in [4.69, 9.17) is 9.47 Å². The van der Waals surface area contributed by atoms with Crippen LogP contribution in [0.5, 0.6) is 5.75 Å². The van der Waals surface area contributed by atoms with E-state index < -0.39 is 26.6 Å². The van der Waals surface area contributed by atoms with Gasteiger partial charge in [0, 0.05) is 26.1 Å². The largest absolute Gasteiger partial charge is 0.493 e. The zero-order chi connectivity index (χ0) is 23.3. The van der Waals surface area contributed by atoms with Crippen molar-refractivity contribution < 1.29 is 26.7 Å². The summed E-state index contributed by atoms with van der Waals surface area (Å²) in [5.41, 5.74) is 1.85. The Morgan fingerprint density at radius 3 is 2.58 bits per heavy atom. The van der Waals surface area contributed by atoms with Gasteiger partial charge in [-0.05, 0) is 65.1 Å². The molecule has 4 rings (SSSR count). The van der Waals surface area contributed by atoms with Gasteiger partial charge in [-0.1, -0.05) is 18.2 Å². The van der Waals surface area contributed by atoms with Gasteiger partial charge in [-0.25, -0.2) is 17.2 Å². The molecular formula is C24H25F2NO4S2. The Kier molecular flexibility index (Phi) is 7.75. The molecule has 0 saturated carbocycles. The van der Waals surface area contributed by atoms with E-state index in [1.54, 1.807) is 35.6 Å². The molecule has 33 heavy (non-hydrogen) atoms. The highest BCUT2D eigenvalue weighted by Crippen LogP contribution is 2.27. The van der Waals surface area contributed by atoms with Crippen LogP contribution in [-0.2, 0) is 27.7 Å². The van der Waals surface area contributed by atoms with Crippen LogP contribution in [0.2, 0.25) is 0 Å². The predicted molar refractivity (Wildman–Crippen MR) is 123 cm³/mol. The van der Waals surface area contributed by atoms with E-state index in [2.05, 4.69) is 5.38 Å². The van der Waals surface area contributed by atoms with E-state index in [0.29, 0.717) is 30.9 Å². The fraction of sp³-hybridized carbons (Fsp3) is 0.333. The molecular weight excluding hydrogens is 468 g/mol. The number of halogens is 2. The molecule has 0 radical (unpaired) electrons. The minimum atomic E-state index is -4.44. The molecule has 0 bridgehead atoms. The molecule has 9 heteroatoms. The summed E-state index contributed by atoms with van der Waals surface area (Å²) in [6.07, 6.45) is 1.96. The van der Waals surface area contributed by atoms with Gasteiger partial charge in [0.1, 0.15) is 17.4 Å². The second-order valence-corrected chi connectivity index (χ2v) is 10.5. The molecule has 3 aromatic rings. The molecule has 2 aromatic carbocycles. The lowest BCUT2D eigenvalue weighted by atomic mass is 10.2. The van der Waals surface area contributed by atoms with Crippen molar-refractivity contribution in [2.75, 3.05) is 19.8 Å². The molecule has 2 heterocycles. The number of nitrogens with zero attached hydrogens (tertiary/aromatic N) is 1. The fourth-order valence-corrected chi connectivity index (χ4v) is 6.05. The van der Waals surface area contributed by atoms with Crippen molar-refractivity contribution in [2.24, 2.45) is 0 Å². The van der Waals surface area contributed by atoms with Crippen LogP contribution >= 0.6 is 11.3 Å². The van der Waals surface area contributed by atoms with E-state index in [9.17, 15) is 17.2 Å². The third-order valence-corrected chi connectivity index (χ3v) is 8.04. The van der Waals surface area contributed by atoms with Gasteiger partial charge < -0.3 is 9.47 Å². The lowest BCUT2D eigenvalue weighted by molar-refractivity contribution is 0.0924. The summed E-state index contributed by atoms with van der Waals surface area (Å²) in [7, 11) is -4.44. The maximum Gasteiger partial charge on any atom is 0.249 e. The van der Waals surface area contributed by atoms with Gasteiger partial charge in [-0.15, -0.1) is 0 Å². The topological polar surface area (TPSA) is 55.8 Å². The Hall–Kier alpha value is -2.33. The zero-order valence-electron chi connectivity index (χ0n) is 18.0. The van der Waals surface area contributed by atoms with E-state index in [1.807, 2.05) is 11.4 Å². The minimum Gasteiger partial charge on any atom is -0.493 e. The molecule has 0 aliphatic carbocycles. The van der Waals surface area contributed by atoms with Gasteiger partial charge in [0.15, 0.2) is 4.90 Å². The lowest BCUT2D eigenvalue weighted by Gasteiger charge is -2.25. The summed E-state index contributed by atoms with van der Waals surface area (Å²) in [4.78, 5) is -0.939. The van der Waals surface area contributed by atoms with Crippen LogP contribution in [-0.4, -0.2) is 38.6 Å². The third-order valence-electron chi connectivity index (χ3n) is 5.45. The number of ether oxygens (including phenoxy) is 2. The van der Waals surface area contributed by atoms with Crippen LogP contribution in [0.25, 0.3) is 0 Å².